The van der Waals surface area contributed by atoms with Crippen molar-refractivity contribution >= 4 is 27.3 Å². The van der Waals surface area contributed by atoms with Gasteiger partial charge in [-0.15, -0.1) is 11.3 Å². The van der Waals surface area contributed by atoms with Crippen LogP contribution in [0.4, 0.5) is 0 Å². The van der Waals surface area contributed by atoms with Crippen molar-refractivity contribution in [1.82, 2.24) is 5.32 Å². The average molecular weight is 216 g/mol. The molecule has 0 bridgehead atoms. The Bertz CT molecular complexity index is 527. The molecule has 0 saturated carbocycles. The monoisotopic (exact) mass is 216 g/mol. The van der Waals surface area contributed by atoms with Gasteiger partial charge < -0.3 is 5.32 Å². The highest BCUT2D eigenvalue weighted by molar-refractivity contribution is 7.17. The van der Waals surface area contributed by atoms with Gasteiger partial charge in [0.15, 0.2) is 0 Å². The summed E-state index contributed by atoms with van der Waals surface area (Å²) < 4.78 is 1.33. The largest absolute Gasteiger partial charge is 0.366 e. The van der Waals surface area contributed by atoms with Crippen LogP contribution in [0.3, 0.4) is 0 Å². The first-order valence-corrected chi connectivity index (χ1v) is 6.00. The summed E-state index contributed by atoms with van der Waals surface area (Å²) in [6.45, 7) is 3.05. The summed E-state index contributed by atoms with van der Waals surface area (Å²) in [6.07, 6.45) is 0. The van der Waals surface area contributed by atoms with Crippen molar-refractivity contribution in [3.05, 3.63) is 35.2 Å². The molecule has 76 valence electrons. The highest BCUT2D eigenvalue weighted by Gasteiger charge is 2.16. The number of aliphatic imine (C=N–C) groups is 1. The van der Waals surface area contributed by atoms with Crippen LogP contribution in [0.15, 0.2) is 34.6 Å². The van der Waals surface area contributed by atoms with E-state index in [0.717, 1.165) is 12.4 Å². The standard InChI is InChI=1S/C12H12N2S/c1-8-6-13-12(14-8)10-7-15-11-5-3-2-4-9(10)11/h2-5,7-8H,6H2,1H3,(H,13,14). The lowest BCUT2D eigenvalue weighted by Gasteiger charge is -2.04. The first-order chi connectivity index (χ1) is 7.34. The number of benzene rings is 1. The molecule has 2 heterocycles. The molecule has 1 aliphatic rings. The zero-order valence-corrected chi connectivity index (χ0v) is 9.34. The Balaban J connectivity index is 2.12. The van der Waals surface area contributed by atoms with Crippen molar-refractivity contribution in [2.24, 2.45) is 4.99 Å². The molecule has 0 aliphatic carbocycles. The molecule has 15 heavy (non-hydrogen) atoms. The third-order valence-corrected chi connectivity index (χ3v) is 3.61. The maximum atomic E-state index is 4.52. The molecule has 0 spiro atoms. The summed E-state index contributed by atoms with van der Waals surface area (Å²) in [5, 5.41) is 6.90. The minimum Gasteiger partial charge on any atom is -0.366 e. The van der Waals surface area contributed by atoms with Crippen molar-refractivity contribution in [1.29, 1.82) is 0 Å². The van der Waals surface area contributed by atoms with E-state index in [1.807, 2.05) is 0 Å². The predicted octanol–water partition coefficient (Wildman–Crippen LogP) is 2.64. The molecule has 2 nitrogen and oxygen atoms in total. The van der Waals surface area contributed by atoms with Crippen LogP contribution in [-0.2, 0) is 0 Å². The van der Waals surface area contributed by atoms with E-state index >= 15 is 0 Å². The molecule has 2 aromatic rings. The molecule has 1 aromatic heterocycles. The molecular formula is C12H12N2S. The van der Waals surface area contributed by atoms with Crippen LogP contribution in [0, 0.1) is 0 Å². The normalized spacial score (nSPS) is 20.3. The summed E-state index contributed by atoms with van der Waals surface area (Å²) in [5.41, 5.74) is 1.25. The summed E-state index contributed by atoms with van der Waals surface area (Å²) in [7, 11) is 0. The fraction of sp³-hybridized carbons (Fsp3) is 0.250. The number of hydrogen-bond acceptors (Lipinski definition) is 3. The Kier molecular flexibility index (Phi) is 1.99. The Morgan fingerprint density at radius 2 is 2.27 bits per heavy atom. The number of nitrogens with zero attached hydrogens (tertiary/aromatic N) is 1. The van der Waals surface area contributed by atoms with Crippen LogP contribution >= 0.6 is 11.3 Å². The van der Waals surface area contributed by atoms with Crippen LogP contribution in [0.1, 0.15) is 12.5 Å². The molecule has 1 aliphatic heterocycles. The van der Waals surface area contributed by atoms with Crippen LogP contribution in [-0.4, -0.2) is 18.4 Å². The summed E-state index contributed by atoms with van der Waals surface area (Å²) in [6, 6.07) is 8.95. The second-order valence-electron chi connectivity index (χ2n) is 3.88. The second-order valence-corrected chi connectivity index (χ2v) is 4.79. The molecule has 1 atom stereocenters. The number of hydrogen-bond donors (Lipinski definition) is 1. The Hall–Kier alpha value is -1.35. The van der Waals surface area contributed by atoms with E-state index in [2.05, 4.69) is 46.9 Å². The molecule has 0 fully saturated rings. The minimum atomic E-state index is 0.471. The second kappa shape index (κ2) is 3.35. The predicted molar refractivity (Wildman–Crippen MR) is 65.8 cm³/mol. The van der Waals surface area contributed by atoms with Gasteiger partial charge in [-0.1, -0.05) is 18.2 Å². The zero-order valence-electron chi connectivity index (χ0n) is 8.53. The molecule has 0 saturated heterocycles. The van der Waals surface area contributed by atoms with Gasteiger partial charge in [0.2, 0.25) is 0 Å². The Morgan fingerprint density at radius 3 is 3.07 bits per heavy atom. The zero-order chi connectivity index (χ0) is 10.3. The van der Waals surface area contributed by atoms with Gasteiger partial charge in [0.1, 0.15) is 5.84 Å². The highest BCUT2D eigenvalue weighted by Crippen LogP contribution is 2.26. The lowest BCUT2D eigenvalue weighted by atomic mass is 10.1. The van der Waals surface area contributed by atoms with Crippen LogP contribution < -0.4 is 5.32 Å². The first kappa shape index (κ1) is 8.92. The Labute approximate surface area is 92.7 Å². The van der Waals surface area contributed by atoms with Crippen LogP contribution in [0.5, 0.6) is 0 Å². The van der Waals surface area contributed by atoms with Gasteiger partial charge in [0.05, 0.1) is 6.54 Å². The fourth-order valence-electron chi connectivity index (χ4n) is 1.88. The van der Waals surface area contributed by atoms with Gasteiger partial charge in [-0.25, -0.2) is 0 Å². The van der Waals surface area contributed by atoms with E-state index in [4.69, 9.17) is 0 Å². The number of nitrogens with one attached hydrogen (secondary N) is 1. The van der Waals surface area contributed by atoms with E-state index in [9.17, 15) is 0 Å². The summed E-state index contributed by atoms with van der Waals surface area (Å²) >= 11 is 1.78. The van der Waals surface area contributed by atoms with Crippen LogP contribution in [0.2, 0.25) is 0 Å². The van der Waals surface area contributed by atoms with Gasteiger partial charge in [-0.05, 0) is 13.0 Å². The van der Waals surface area contributed by atoms with E-state index in [1.165, 1.54) is 15.6 Å². The van der Waals surface area contributed by atoms with Crippen molar-refractivity contribution in [2.75, 3.05) is 6.54 Å². The maximum absolute atomic E-state index is 4.52. The highest BCUT2D eigenvalue weighted by atomic mass is 32.1. The van der Waals surface area contributed by atoms with Crippen LogP contribution in [0.25, 0.3) is 10.1 Å². The number of rotatable bonds is 1. The SMILES string of the molecule is CC1CN=C(c2csc3ccccc23)N1. The third-order valence-electron chi connectivity index (χ3n) is 2.64. The van der Waals surface area contributed by atoms with Crippen molar-refractivity contribution in [3.8, 4) is 0 Å². The molecule has 1 aromatic carbocycles. The summed E-state index contributed by atoms with van der Waals surface area (Å²) in [4.78, 5) is 4.52. The third kappa shape index (κ3) is 1.43. The maximum Gasteiger partial charge on any atom is 0.130 e. The molecule has 0 radical (unpaired) electrons. The van der Waals surface area contributed by atoms with Crippen molar-refractivity contribution in [2.45, 2.75) is 13.0 Å². The van der Waals surface area contributed by atoms with Gasteiger partial charge in [-0.3, -0.25) is 4.99 Å². The molecule has 3 heteroatoms. The summed E-state index contributed by atoms with van der Waals surface area (Å²) in [5.74, 6) is 1.06. The van der Waals surface area contributed by atoms with E-state index in [0.29, 0.717) is 6.04 Å². The number of fused-ring (bicyclic) bond motifs is 1. The van der Waals surface area contributed by atoms with Crippen molar-refractivity contribution in [3.63, 3.8) is 0 Å². The number of thiophene rings is 1. The van der Waals surface area contributed by atoms with Gasteiger partial charge in [0, 0.05) is 27.1 Å². The minimum absolute atomic E-state index is 0.471. The van der Waals surface area contributed by atoms with Gasteiger partial charge in [-0.2, -0.15) is 0 Å². The molecule has 0 amide bonds. The average Bonchev–Trinajstić information content (AvgIpc) is 2.83. The quantitative estimate of drug-likeness (QED) is 0.778. The van der Waals surface area contributed by atoms with E-state index in [1.54, 1.807) is 11.3 Å². The lowest BCUT2D eigenvalue weighted by Crippen LogP contribution is -2.27. The Morgan fingerprint density at radius 1 is 1.40 bits per heavy atom. The van der Waals surface area contributed by atoms with Gasteiger partial charge in [0.25, 0.3) is 0 Å². The molecule has 3 rings (SSSR count). The number of amidine groups is 1. The fourth-order valence-corrected chi connectivity index (χ4v) is 2.82. The van der Waals surface area contributed by atoms with E-state index in [-0.39, 0.29) is 0 Å². The lowest BCUT2D eigenvalue weighted by molar-refractivity contribution is 0.726. The molecule has 1 N–H and O–H groups in total. The topological polar surface area (TPSA) is 24.4 Å². The molecular weight excluding hydrogens is 204 g/mol. The van der Waals surface area contributed by atoms with Gasteiger partial charge >= 0.3 is 0 Å². The van der Waals surface area contributed by atoms with E-state index < -0.39 is 0 Å². The smallest absolute Gasteiger partial charge is 0.130 e. The first-order valence-electron chi connectivity index (χ1n) is 5.12. The molecule has 1 unspecified atom stereocenters. The van der Waals surface area contributed by atoms with Crippen molar-refractivity contribution < 1.29 is 0 Å².